The van der Waals surface area contributed by atoms with Gasteiger partial charge in [0.25, 0.3) is 0 Å². The van der Waals surface area contributed by atoms with Gasteiger partial charge in [-0.15, -0.1) is 11.3 Å². The Bertz CT molecular complexity index is 646. The number of nitrogens with one attached hydrogen (secondary N) is 1. The first-order valence-corrected chi connectivity index (χ1v) is 8.80. The summed E-state index contributed by atoms with van der Waals surface area (Å²) in [6.45, 7) is 1.01. The summed E-state index contributed by atoms with van der Waals surface area (Å²) >= 11 is 7.56. The molecule has 0 radical (unpaired) electrons. The van der Waals surface area contributed by atoms with Crippen LogP contribution in [0.2, 0.25) is 0 Å². The summed E-state index contributed by atoms with van der Waals surface area (Å²) in [6.07, 6.45) is 3.62. The van der Waals surface area contributed by atoms with Gasteiger partial charge >= 0.3 is 0 Å². The SMILES string of the molecule is S=C(NC1CC1)N1CCc2sccc2[C@H]1c1ccccc1. The predicted octanol–water partition coefficient (Wildman–Crippen LogP) is 3.73. The Morgan fingerprint density at radius 3 is 2.76 bits per heavy atom. The summed E-state index contributed by atoms with van der Waals surface area (Å²) in [5.74, 6) is 0. The third-order valence-electron chi connectivity index (χ3n) is 4.25. The molecule has 4 heteroatoms. The number of hydrogen-bond acceptors (Lipinski definition) is 2. The van der Waals surface area contributed by atoms with E-state index in [1.165, 1.54) is 28.8 Å². The fourth-order valence-corrected chi connectivity index (χ4v) is 4.28. The molecule has 0 unspecified atom stereocenters. The Balaban J connectivity index is 1.70. The number of benzene rings is 1. The highest BCUT2D eigenvalue weighted by Crippen LogP contribution is 2.38. The van der Waals surface area contributed by atoms with Gasteiger partial charge in [-0.2, -0.15) is 0 Å². The van der Waals surface area contributed by atoms with Gasteiger partial charge in [0.15, 0.2) is 5.11 Å². The Hall–Kier alpha value is -1.39. The van der Waals surface area contributed by atoms with E-state index in [1.807, 2.05) is 11.3 Å². The molecule has 1 aromatic heterocycles. The summed E-state index contributed by atoms with van der Waals surface area (Å²) in [5, 5.41) is 6.64. The number of thiophene rings is 1. The van der Waals surface area contributed by atoms with Crippen molar-refractivity contribution in [3.05, 3.63) is 57.8 Å². The van der Waals surface area contributed by atoms with Crippen molar-refractivity contribution in [2.75, 3.05) is 6.54 Å². The van der Waals surface area contributed by atoms with E-state index >= 15 is 0 Å². The monoisotopic (exact) mass is 314 g/mol. The van der Waals surface area contributed by atoms with Crippen LogP contribution >= 0.6 is 23.6 Å². The molecule has 2 aromatic rings. The van der Waals surface area contributed by atoms with Gasteiger partial charge in [0.1, 0.15) is 0 Å². The predicted molar refractivity (Wildman–Crippen MR) is 91.8 cm³/mol. The lowest BCUT2D eigenvalue weighted by Crippen LogP contribution is -2.46. The molecule has 1 saturated carbocycles. The highest BCUT2D eigenvalue weighted by atomic mass is 32.1. The quantitative estimate of drug-likeness (QED) is 0.850. The zero-order chi connectivity index (χ0) is 14.2. The highest BCUT2D eigenvalue weighted by molar-refractivity contribution is 7.80. The van der Waals surface area contributed by atoms with Gasteiger partial charge in [-0.25, -0.2) is 0 Å². The van der Waals surface area contributed by atoms with Crippen molar-refractivity contribution >= 4 is 28.7 Å². The van der Waals surface area contributed by atoms with Crippen LogP contribution in [0.4, 0.5) is 0 Å². The first-order valence-electron chi connectivity index (χ1n) is 7.51. The molecule has 1 atom stereocenters. The molecule has 0 saturated heterocycles. The van der Waals surface area contributed by atoms with Crippen molar-refractivity contribution in [3.63, 3.8) is 0 Å². The normalized spacial score (nSPS) is 21.0. The number of fused-ring (bicyclic) bond motifs is 1. The molecule has 1 aliphatic heterocycles. The Labute approximate surface area is 134 Å². The van der Waals surface area contributed by atoms with Crippen LogP contribution in [0.25, 0.3) is 0 Å². The summed E-state index contributed by atoms with van der Waals surface area (Å²) in [5.41, 5.74) is 2.76. The van der Waals surface area contributed by atoms with E-state index in [1.54, 1.807) is 0 Å². The van der Waals surface area contributed by atoms with Crippen molar-refractivity contribution in [2.24, 2.45) is 0 Å². The summed E-state index contributed by atoms with van der Waals surface area (Å²) in [4.78, 5) is 3.88. The van der Waals surface area contributed by atoms with E-state index in [0.717, 1.165) is 18.1 Å². The van der Waals surface area contributed by atoms with Crippen LogP contribution in [0.1, 0.15) is 34.9 Å². The van der Waals surface area contributed by atoms with Crippen molar-refractivity contribution in [1.29, 1.82) is 0 Å². The lowest BCUT2D eigenvalue weighted by atomic mass is 9.94. The van der Waals surface area contributed by atoms with Gasteiger partial charge in [0, 0.05) is 17.5 Å². The van der Waals surface area contributed by atoms with Crippen LogP contribution in [0.5, 0.6) is 0 Å². The van der Waals surface area contributed by atoms with Crippen molar-refractivity contribution in [1.82, 2.24) is 10.2 Å². The van der Waals surface area contributed by atoms with E-state index in [0.29, 0.717) is 6.04 Å². The molecule has 2 nitrogen and oxygen atoms in total. The maximum Gasteiger partial charge on any atom is 0.169 e. The maximum atomic E-state index is 5.69. The van der Waals surface area contributed by atoms with E-state index in [2.05, 4.69) is 52.0 Å². The molecule has 1 N–H and O–H groups in total. The largest absolute Gasteiger partial charge is 0.360 e. The van der Waals surface area contributed by atoms with Crippen molar-refractivity contribution in [2.45, 2.75) is 31.3 Å². The Kier molecular flexibility index (Phi) is 3.43. The third-order valence-corrected chi connectivity index (χ3v) is 5.60. The maximum absolute atomic E-state index is 5.69. The van der Waals surface area contributed by atoms with Crippen LogP contribution < -0.4 is 5.32 Å². The lowest BCUT2D eigenvalue weighted by molar-refractivity contribution is 0.336. The average Bonchev–Trinajstić information content (AvgIpc) is 3.20. The molecular formula is C17H18N2S2. The molecule has 4 rings (SSSR count). The molecule has 0 bridgehead atoms. The topological polar surface area (TPSA) is 15.3 Å². The Morgan fingerprint density at radius 2 is 2.00 bits per heavy atom. The van der Waals surface area contributed by atoms with Gasteiger partial charge in [-0.3, -0.25) is 0 Å². The van der Waals surface area contributed by atoms with Crippen LogP contribution in [-0.4, -0.2) is 22.6 Å². The second kappa shape index (κ2) is 5.43. The molecule has 2 aliphatic rings. The lowest BCUT2D eigenvalue weighted by Gasteiger charge is -2.38. The summed E-state index contributed by atoms with van der Waals surface area (Å²) in [6, 6.07) is 13.9. The van der Waals surface area contributed by atoms with Gasteiger partial charge in [0.2, 0.25) is 0 Å². The van der Waals surface area contributed by atoms with Crippen LogP contribution in [0.15, 0.2) is 41.8 Å². The molecule has 0 amide bonds. The van der Waals surface area contributed by atoms with E-state index in [4.69, 9.17) is 12.2 Å². The van der Waals surface area contributed by atoms with Crippen LogP contribution in [0, 0.1) is 0 Å². The Morgan fingerprint density at radius 1 is 1.19 bits per heavy atom. The number of nitrogens with zero attached hydrogens (tertiary/aromatic N) is 1. The average molecular weight is 314 g/mol. The van der Waals surface area contributed by atoms with Crippen molar-refractivity contribution < 1.29 is 0 Å². The first-order chi connectivity index (χ1) is 10.3. The second-order valence-corrected chi connectivity index (χ2v) is 7.17. The summed E-state index contributed by atoms with van der Waals surface area (Å²) in [7, 11) is 0. The highest BCUT2D eigenvalue weighted by Gasteiger charge is 2.33. The zero-order valence-electron chi connectivity index (χ0n) is 11.8. The molecule has 1 aliphatic carbocycles. The van der Waals surface area contributed by atoms with E-state index in [-0.39, 0.29) is 6.04 Å². The van der Waals surface area contributed by atoms with Crippen molar-refractivity contribution in [3.8, 4) is 0 Å². The third kappa shape index (κ3) is 2.58. The molecule has 2 heterocycles. The number of thiocarbonyl (C=S) groups is 1. The smallest absolute Gasteiger partial charge is 0.169 e. The van der Waals surface area contributed by atoms with E-state index in [9.17, 15) is 0 Å². The number of hydrogen-bond donors (Lipinski definition) is 1. The molecule has 1 fully saturated rings. The minimum absolute atomic E-state index is 0.264. The second-order valence-electron chi connectivity index (χ2n) is 5.78. The summed E-state index contributed by atoms with van der Waals surface area (Å²) < 4.78 is 0. The molecule has 21 heavy (non-hydrogen) atoms. The van der Waals surface area contributed by atoms with Gasteiger partial charge in [-0.1, -0.05) is 30.3 Å². The fraction of sp³-hybridized carbons (Fsp3) is 0.353. The zero-order valence-corrected chi connectivity index (χ0v) is 13.4. The van der Waals surface area contributed by atoms with Crippen LogP contribution in [-0.2, 0) is 6.42 Å². The molecule has 0 spiro atoms. The standard InChI is InChI=1S/C17H18N2S2/c20-17(18-13-6-7-13)19-10-8-15-14(9-11-21-15)16(19)12-4-2-1-3-5-12/h1-5,9,11,13,16H,6-8,10H2,(H,18,20)/t16-/m1/s1. The van der Waals surface area contributed by atoms with Gasteiger partial charge in [-0.05, 0) is 54.1 Å². The van der Waals surface area contributed by atoms with Crippen LogP contribution in [0.3, 0.4) is 0 Å². The molecular weight excluding hydrogens is 296 g/mol. The minimum Gasteiger partial charge on any atom is -0.360 e. The molecule has 108 valence electrons. The van der Waals surface area contributed by atoms with Gasteiger partial charge in [0.05, 0.1) is 6.04 Å². The first kappa shape index (κ1) is 13.3. The molecule has 1 aromatic carbocycles. The van der Waals surface area contributed by atoms with E-state index < -0.39 is 0 Å². The van der Waals surface area contributed by atoms with Gasteiger partial charge < -0.3 is 10.2 Å². The minimum atomic E-state index is 0.264. The fourth-order valence-electron chi connectivity index (χ4n) is 3.02. The number of rotatable bonds is 2.